The van der Waals surface area contributed by atoms with Crippen LogP contribution in [0.5, 0.6) is 0 Å². The molecule has 1 aromatic carbocycles. The van der Waals surface area contributed by atoms with Crippen LogP contribution in [0, 0.1) is 19.8 Å². The maximum absolute atomic E-state index is 11.4. The van der Waals surface area contributed by atoms with Crippen molar-refractivity contribution < 1.29 is 18.7 Å². The van der Waals surface area contributed by atoms with Crippen LogP contribution in [-0.2, 0) is 4.79 Å². The van der Waals surface area contributed by atoms with Crippen molar-refractivity contribution in [3.63, 3.8) is 0 Å². The number of furan rings is 2. The van der Waals surface area contributed by atoms with E-state index in [4.69, 9.17) is 20.4 Å². The highest BCUT2D eigenvalue weighted by Crippen LogP contribution is 2.50. The summed E-state index contributed by atoms with van der Waals surface area (Å²) in [5.74, 6) is 1.05. The third-order valence-corrected chi connectivity index (χ3v) is 5.01. The second kappa shape index (κ2) is 5.03. The van der Waals surface area contributed by atoms with E-state index < -0.39 is 5.97 Å². The number of rotatable bonds is 4. The van der Waals surface area contributed by atoms with Crippen LogP contribution in [0.2, 0.25) is 5.02 Å². The van der Waals surface area contributed by atoms with Crippen molar-refractivity contribution in [1.82, 2.24) is 0 Å². The zero-order valence-corrected chi connectivity index (χ0v) is 13.7. The number of hydrogen-bond donors (Lipinski definition) is 1. The second-order valence-electron chi connectivity index (χ2n) is 6.47. The van der Waals surface area contributed by atoms with Crippen LogP contribution in [0.3, 0.4) is 0 Å². The van der Waals surface area contributed by atoms with Gasteiger partial charge in [-0.1, -0.05) is 11.6 Å². The SMILES string of the molecule is Cc1cc2c(C(CC(=O)O)C3CC3)c3oc(C)cc3c(Cl)c2o1. The number of carboxylic acid groups (broad SMARTS) is 1. The molecule has 0 aliphatic heterocycles. The number of carbonyl (C=O) groups is 1. The summed E-state index contributed by atoms with van der Waals surface area (Å²) in [7, 11) is 0. The molecule has 0 radical (unpaired) electrons. The highest BCUT2D eigenvalue weighted by molar-refractivity contribution is 6.40. The number of fused-ring (bicyclic) bond motifs is 2. The Labute approximate surface area is 138 Å². The Morgan fingerprint density at radius 1 is 1.22 bits per heavy atom. The third kappa shape index (κ3) is 2.32. The number of aliphatic carboxylic acids is 1. The van der Waals surface area contributed by atoms with Crippen LogP contribution in [0.1, 0.15) is 42.3 Å². The highest BCUT2D eigenvalue weighted by Gasteiger charge is 2.37. The van der Waals surface area contributed by atoms with Crippen molar-refractivity contribution in [2.45, 2.75) is 39.0 Å². The van der Waals surface area contributed by atoms with Crippen molar-refractivity contribution >= 4 is 39.5 Å². The molecule has 1 saturated carbocycles. The molecule has 3 aromatic rings. The lowest BCUT2D eigenvalue weighted by molar-refractivity contribution is -0.137. The van der Waals surface area contributed by atoms with E-state index in [1.807, 2.05) is 26.0 Å². The fourth-order valence-electron chi connectivity index (χ4n) is 3.56. The molecule has 1 N–H and O–H groups in total. The van der Waals surface area contributed by atoms with Gasteiger partial charge in [0.05, 0.1) is 11.4 Å². The molecule has 4 nitrogen and oxygen atoms in total. The molecule has 1 aliphatic rings. The second-order valence-corrected chi connectivity index (χ2v) is 6.85. The van der Waals surface area contributed by atoms with Gasteiger partial charge in [0.25, 0.3) is 0 Å². The number of aryl methyl sites for hydroxylation is 2. The molecule has 0 saturated heterocycles. The minimum absolute atomic E-state index is 0.0719. The summed E-state index contributed by atoms with van der Waals surface area (Å²) in [5.41, 5.74) is 2.27. The van der Waals surface area contributed by atoms with E-state index >= 15 is 0 Å². The van der Waals surface area contributed by atoms with Crippen molar-refractivity contribution in [2.75, 3.05) is 0 Å². The van der Waals surface area contributed by atoms with Crippen molar-refractivity contribution in [3.8, 4) is 0 Å². The highest BCUT2D eigenvalue weighted by atomic mass is 35.5. The van der Waals surface area contributed by atoms with Gasteiger partial charge in [-0.25, -0.2) is 0 Å². The Hall–Kier alpha value is -1.94. The van der Waals surface area contributed by atoms with Gasteiger partial charge < -0.3 is 13.9 Å². The number of carboxylic acids is 1. The molecule has 1 unspecified atom stereocenters. The maximum atomic E-state index is 11.4. The lowest BCUT2D eigenvalue weighted by Gasteiger charge is -2.16. The molecule has 23 heavy (non-hydrogen) atoms. The molecular weight excluding hydrogens is 316 g/mol. The van der Waals surface area contributed by atoms with Crippen molar-refractivity contribution in [1.29, 1.82) is 0 Å². The molecule has 1 aliphatic carbocycles. The quantitative estimate of drug-likeness (QED) is 0.693. The van der Waals surface area contributed by atoms with E-state index in [-0.39, 0.29) is 12.3 Å². The van der Waals surface area contributed by atoms with Crippen LogP contribution in [0.25, 0.3) is 21.9 Å². The summed E-state index contributed by atoms with van der Waals surface area (Å²) in [6, 6.07) is 3.83. The fourth-order valence-corrected chi connectivity index (χ4v) is 3.84. The van der Waals surface area contributed by atoms with E-state index in [1.165, 1.54) is 0 Å². The van der Waals surface area contributed by atoms with Crippen LogP contribution < -0.4 is 0 Å². The van der Waals surface area contributed by atoms with Gasteiger partial charge in [-0.3, -0.25) is 4.79 Å². The van der Waals surface area contributed by atoms with Gasteiger partial charge in [-0.2, -0.15) is 0 Å². The van der Waals surface area contributed by atoms with Gasteiger partial charge in [-0.15, -0.1) is 0 Å². The largest absolute Gasteiger partial charge is 0.481 e. The summed E-state index contributed by atoms with van der Waals surface area (Å²) in [4.78, 5) is 11.4. The van der Waals surface area contributed by atoms with E-state index in [2.05, 4.69) is 0 Å². The first-order valence-electron chi connectivity index (χ1n) is 7.79. The van der Waals surface area contributed by atoms with Gasteiger partial charge in [0.15, 0.2) is 5.58 Å². The Kier molecular flexibility index (Phi) is 3.20. The molecule has 1 fully saturated rings. The van der Waals surface area contributed by atoms with E-state index in [9.17, 15) is 9.90 Å². The van der Waals surface area contributed by atoms with Crippen molar-refractivity contribution in [2.24, 2.45) is 5.92 Å². The van der Waals surface area contributed by atoms with Crippen LogP contribution in [-0.4, -0.2) is 11.1 Å². The third-order valence-electron chi connectivity index (χ3n) is 4.64. The molecule has 0 spiro atoms. The summed E-state index contributed by atoms with van der Waals surface area (Å²) >= 11 is 6.51. The van der Waals surface area contributed by atoms with Crippen LogP contribution in [0.4, 0.5) is 0 Å². The molecule has 5 heteroatoms. The number of hydrogen-bond acceptors (Lipinski definition) is 3. The molecule has 2 aromatic heterocycles. The average Bonchev–Trinajstić information content (AvgIpc) is 3.14. The Morgan fingerprint density at radius 3 is 2.43 bits per heavy atom. The zero-order chi connectivity index (χ0) is 16.3. The molecular formula is C18H17ClO4. The normalized spacial score (nSPS) is 16.3. The monoisotopic (exact) mass is 332 g/mol. The van der Waals surface area contributed by atoms with Crippen LogP contribution in [0.15, 0.2) is 21.0 Å². The average molecular weight is 333 g/mol. The molecule has 2 heterocycles. The standard InChI is InChI=1S/C18H17ClO4/c1-8-5-12-15(11(7-14(20)21)10-3-4-10)17-13(6-9(2)22-17)16(19)18(12)23-8/h5-6,10-11H,3-4,7H2,1-2H3,(H,20,21). The lowest BCUT2D eigenvalue weighted by atomic mass is 9.87. The fraction of sp³-hybridized carbons (Fsp3) is 0.389. The van der Waals surface area contributed by atoms with Crippen molar-refractivity contribution in [3.05, 3.63) is 34.2 Å². The van der Waals surface area contributed by atoms with Gasteiger partial charge in [-0.05, 0) is 44.7 Å². The first-order valence-corrected chi connectivity index (χ1v) is 8.17. The zero-order valence-electron chi connectivity index (χ0n) is 13.0. The molecule has 4 rings (SSSR count). The molecule has 0 amide bonds. The summed E-state index contributed by atoms with van der Waals surface area (Å²) in [6.45, 7) is 3.74. The molecule has 1 atom stereocenters. The number of halogens is 1. The lowest BCUT2D eigenvalue weighted by Crippen LogP contribution is -2.09. The maximum Gasteiger partial charge on any atom is 0.303 e. The predicted molar refractivity (Wildman–Crippen MR) is 88.2 cm³/mol. The Balaban J connectivity index is 2.08. The minimum atomic E-state index is -0.790. The Morgan fingerprint density at radius 2 is 1.83 bits per heavy atom. The first kappa shape index (κ1) is 14.6. The number of benzene rings is 1. The summed E-state index contributed by atoms with van der Waals surface area (Å²) in [5, 5.41) is 11.6. The van der Waals surface area contributed by atoms with E-state index in [1.54, 1.807) is 0 Å². The van der Waals surface area contributed by atoms with Gasteiger partial charge in [0.2, 0.25) is 0 Å². The van der Waals surface area contributed by atoms with Gasteiger partial charge in [0.1, 0.15) is 17.1 Å². The summed E-state index contributed by atoms with van der Waals surface area (Å²) < 4.78 is 11.7. The molecule has 120 valence electrons. The molecule has 0 bridgehead atoms. The van der Waals surface area contributed by atoms with E-state index in [0.717, 1.165) is 40.7 Å². The Bertz CT molecular complexity index is 872. The summed E-state index contributed by atoms with van der Waals surface area (Å²) in [6.07, 6.45) is 2.21. The smallest absolute Gasteiger partial charge is 0.303 e. The van der Waals surface area contributed by atoms with Gasteiger partial charge in [0, 0.05) is 22.3 Å². The topological polar surface area (TPSA) is 63.6 Å². The van der Waals surface area contributed by atoms with E-state index in [0.29, 0.717) is 22.1 Å². The van der Waals surface area contributed by atoms with Crippen LogP contribution >= 0.6 is 11.6 Å². The predicted octanol–water partition coefficient (Wildman–Crippen LogP) is 5.42. The van der Waals surface area contributed by atoms with Gasteiger partial charge >= 0.3 is 5.97 Å². The first-order chi connectivity index (χ1) is 11.0. The minimum Gasteiger partial charge on any atom is -0.481 e.